The van der Waals surface area contributed by atoms with Crippen LogP contribution in [0.1, 0.15) is 40.0 Å². The molecule has 11 heavy (non-hydrogen) atoms. The molecule has 0 N–H and O–H groups in total. The van der Waals surface area contributed by atoms with Gasteiger partial charge in [0.15, 0.2) is 0 Å². The molecule has 1 rings (SSSR count). The Balaban J connectivity index is 2.63. The zero-order chi connectivity index (χ0) is 8.48. The maximum atomic E-state index is 2.42. The van der Waals surface area contributed by atoms with Gasteiger partial charge in [-0.15, -0.1) is 0 Å². The van der Waals surface area contributed by atoms with Crippen LogP contribution in [-0.2, 0) is 0 Å². The molecule has 0 aromatic heterocycles. The lowest BCUT2D eigenvalue weighted by Crippen LogP contribution is -2.51. The van der Waals surface area contributed by atoms with E-state index in [9.17, 15) is 0 Å². The van der Waals surface area contributed by atoms with Gasteiger partial charge >= 0.3 is 0 Å². The molecule has 0 bridgehead atoms. The van der Waals surface area contributed by atoms with E-state index in [1.807, 2.05) is 0 Å². The molecule has 1 nitrogen and oxygen atoms in total. The normalized spacial score (nSPS) is 44.7. The van der Waals surface area contributed by atoms with Crippen LogP contribution in [0.25, 0.3) is 0 Å². The van der Waals surface area contributed by atoms with Crippen molar-refractivity contribution in [2.45, 2.75) is 52.1 Å². The third-order valence-electron chi connectivity index (χ3n) is 3.72. The van der Waals surface area contributed by atoms with E-state index in [1.165, 1.54) is 30.3 Å². The number of likely N-dealkylation sites (tertiary alicyclic amines) is 1. The van der Waals surface area contributed by atoms with Gasteiger partial charge in [-0.25, -0.2) is 0 Å². The minimum Gasteiger partial charge on any atom is -0.322 e. The van der Waals surface area contributed by atoms with E-state index >= 15 is 0 Å². The van der Waals surface area contributed by atoms with Gasteiger partial charge in [0, 0.05) is 12.8 Å². The van der Waals surface area contributed by atoms with Crippen LogP contribution in [0.15, 0.2) is 0 Å². The lowest BCUT2D eigenvalue weighted by atomic mass is 10.2. The molecule has 1 saturated heterocycles. The van der Waals surface area contributed by atoms with Gasteiger partial charge in [-0.05, 0) is 20.3 Å². The molecular weight excluding hydrogens is 134 g/mol. The van der Waals surface area contributed by atoms with Crippen LogP contribution < -0.4 is 0 Å². The van der Waals surface area contributed by atoms with Crippen molar-refractivity contribution in [2.24, 2.45) is 0 Å². The topological polar surface area (TPSA) is 0 Å². The number of nitrogens with zero attached hydrogens (tertiary/aromatic N) is 1. The summed E-state index contributed by atoms with van der Waals surface area (Å²) in [5.74, 6) is 0. The highest BCUT2D eigenvalue weighted by Crippen LogP contribution is 2.30. The Kier molecular flexibility index (Phi) is 2.58. The van der Waals surface area contributed by atoms with Crippen LogP contribution in [0, 0.1) is 0 Å². The summed E-state index contributed by atoms with van der Waals surface area (Å²) in [5.41, 5.74) is 0. The minimum absolute atomic E-state index is 0.893. The Morgan fingerprint density at radius 2 is 1.64 bits per heavy atom. The van der Waals surface area contributed by atoms with E-state index in [4.69, 9.17) is 0 Å². The predicted molar refractivity (Wildman–Crippen MR) is 49.5 cm³/mol. The average Bonchev–Trinajstić information content (AvgIpc) is 2.19. The molecule has 2 atom stereocenters. The SMILES string of the molecule is CCC[N+]1(C)C(C)CCC1C. The van der Waals surface area contributed by atoms with Crippen LogP contribution in [0.3, 0.4) is 0 Å². The van der Waals surface area contributed by atoms with Crippen molar-refractivity contribution in [3.05, 3.63) is 0 Å². The molecule has 1 fully saturated rings. The summed E-state index contributed by atoms with van der Waals surface area (Å²) < 4.78 is 1.32. The van der Waals surface area contributed by atoms with E-state index < -0.39 is 0 Å². The first-order valence-corrected chi connectivity index (χ1v) is 4.96. The molecule has 66 valence electrons. The Morgan fingerprint density at radius 3 is 2.00 bits per heavy atom. The quantitative estimate of drug-likeness (QED) is 0.539. The largest absolute Gasteiger partial charge is 0.322 e. The monoisotopic (exact) mass is 156 g/mol. The van der Waals surface area contributed by atoms with Gasteiger partial charge in [0.1, 0.15) is 0 Å². The molecular formula is C10H22N+. The first-order chi connectivity index (χ1) is 5.11. The van der Waals surface area contributed by atoms with Gasteiger partial charge in [0.05, 0.1) is 25.7 Å². The van der Waals surface area contributed by atoms with Crippen LogP contribution in [0.5, 0.6) is 0 Å². The van der Waals surface area contributed by atoms with Gasteiger partial charge in [-0.3, -0.25) is 0 Å². The molecule has 1 aliphatic rings. The third-order valence-corrected chi connectivity index (χ3v) is 3.72. The molecule has 1 aliphatic heterocycles. The lowest BCUT2D eigenvalue weighted by Gasteiger charge is -2.38. The molecule has 0 aliphatic carbocycles. The maximum absolute atomic E-state index is 2.42. The summed E-state index contributed by atoms with van der Waals surface area (Å²) in [6.45, 7) is 8.46. The van der Waals surface area contributed by atoms with Crippen LogP contribution in [0.2, 0.25) is 0 Å². The third kappa shape index (κ3) is 1.44. The van der Waals surface area contributed by atoms with E-state index in [0.717, 1.165) is 12.1 Å². The predicted octanol–water partition coefficient (Wildman–Crippen LogP) is 2.41. The standard InChI is InChI=1S/C10H22N/c1-5-8-11(4)9(2)6-7-10(11)3/h9-10H,5-8H2,1-4H3/q+1. The smallest absolute Gasteiger partial charge is 0.0864 e. The Morgan fingerprint density at radius 1 is 1.18 bits per heavy atom. The van der Waals surface area contributed by atoms with E-state index in [2.05, 4.69) is 27.8 Å². The summed E-state index contributed by atoms with van der Waals surface area (Å²) in [7, 11) is 2.42. The van der Waals surface area contributed by atoms with Crippen molar-refractivity contribution in [1.29, 1.82) is 0 Å². The fourth-order valence-electron chi connectivity index (χ4n) is 2.43. The Labute approximate surface area is 71.0 Å². The molecule has 2 unspecified atom stereocenters. The maximum Gasteiger partial charge on any atom is 0.0864 e. The van der Waals surface area contributed by atoms with Gasteiger partial charge in [0.25, 0.3) is 0 Å². The summed E-state index contributed by atoms with van der Waals surface area (Å²) in [6, 6.07) is 1.79. The first kappa shape index (κ1) is 9.05. The highest BCUT2D eigenvalue weighted by atomic mass is 15.4. The Bertz CT molecular complexity index is 121. The summed E-state index contributed by atoms with van der Waals surface area (Å²) in [4.78, 5) is 0. The van der Waals surface area contributed by atoms with E-state index in [-0.39, 0.29) is 0 Å². The molecule has 0 saturated carbocycles. The van der Waals surface area contributed by atoms with Crippen LogP contribution in [-0.4, -0.2) is 30.2 Å². The second-order valence-electron chi connectivity index (χ2n) is 4.35. The molecule has 0 aromatic carbocycles. The number of rotatable bonds is 2. The van der Waals surface area contributed by atoms with Crippen molar-refractivity contribution in [2.75, 3.05) is 13.6 Å². The summed E-state index contributed by atoms with van der Waals surface area (Å²) in [5, 5.41) is 0. The molecule has 1 heteroatoms. The van der Waals surface area contributed by atoms with Crippen molar-refractivity contribution in [3.63, 3.8) is 0 Å². The fourth-order valence-corrected chi connectivity index (χ4v) is 2.43. The van der Waals surface area contributed by atoms with Crippen molar-refractivity contribution in [3.8, 4) is 0 Å². The zero-order valence-electron chi connectivity index (χ0n) is 8.43. The summed E-state index contributed by atoms with van der Waals surface area (Å²) >= 11 is 0. The number of hydrogen-bond donors (Lipinski definition) is 0. The van der Waals surface area contributed by atoms with Crippen molar-refractivity contribution < 1.29 is 4.48 Å². The van der Waals surface area contributed by atoms with Crippen molar-refractivity contribution in [1.82, 2.24) is 0 Å². The highest BCUT2D eigenvalue weighted by Gasteiger charge is 2.39. The minimum atomic E-state index is 0.893. The van der Waals surface area contributed by atoms with E-state index in [0.29, 0.717) is 0 Å². The van der Waals surface area contributed by atoms with Gasteiger partial charge in [0.2, 0.25) is 0 Å². The second kappa shape index (κ2) is 3.14. The van der Waals surface area contributed by atoms with Crippen LogP contribution >= 0.6 is 0 Å². The van der Waals surface area contributed by atoms with Crippen molar-refractivity contribution >= 4 is 0 Å². The highest BCUT2D eigenvalue weighted by molar-refractivity contribution is 4.68. The molecule has 0 radical (unpaired) electrons. The second-order valence-corrected chi connectivity index (χ2v) is 4.35. The van der Waals surface area contributed by atoms with Gasteiger partial charge < -0.3 is 4.48 Å². The molecule has 0 amide bonds. The Hall–Kier alpha value is -0.0400. The average molecular weight is 156 g/mol. The van der Waals surface area contributed by atoms with E-state index in [1.54, 1.807) is 0 Å². The lowest BCUT2D eigenvalue weighted by molar-refractivity contribution is -0.939. The molecule has 0 spiro atoms. The zero-order valence-corrected chi connectivity index (χ0v) is 8.43. The first-order valence-electron chi connectivity index (χ1n) is 4.96. The van der Waals surface area contributed by atoms with Crippen LogP contribution in [0.4, 0.5) is 0 Å². The number of quaternary nitrogens is 1. The molecule has 0 aromatic rings. The van der Waals surface area contributed by atoms with Gasteiger partial charge in [-0.1, -0.05) is 6.92 Å². The van der Waals surface area contributed by atoms with Gasteiger partial charge in [-0.2, -0.15) is 0 Å². The number of hydrogen-bond acceptors (Lipinski definition) is 0. The molecule has 1 heterocycles. The fraction of sp³-hybridized carbons (Fsp3) is 1.00. The summed E-state index contributed by atoms with van der Waals surface area (Å²) in [6.07, 6.45) is 4.18.